The zero-order valence-electron chi connectivity index (χ0n) is 11.5. The molecule has 0 saturated carbocycles. The quantitative estimate of drug-likeness (QED) is 0.774. The standard InChI is InChI=1S/C15H20N2O2/c1-3-8-16-10-13-11-18-15(17-13)19-14-7-5-6-12(4-2)9-14/h5-7,9,11,16H,3-4,8,10H2,1-2H3. The molecular weight excluding hydrogens is 240 g/mol. The van der Waals surface area contributed by atoms with Crippen LogP contribution < -0.4 is 10.1 Å². The van der Waals surface area contributed by atoms with Gasteiger partial charge >= 0.3 is 6.08 Å². The number of benzene rings is 1. The van der Waals surface area contributed by atoms with Crippen molar-refractivity contribution in [3.8, 4) is 11.8 Å². The zero-order chi connectivity index (χ0) is 13.5. The Kier molecular flexibility index (Phi) is 4.98. The van der Waals surface area contributed by atoms with Crippen molar-refractivity contribution in [2.45, 2.75) is 33.2 Å². The van der Waals surface area contributed by atoms with Gasteiger partial charge in [-0.1, -0.05) is 26.0 Å². The van der Waals surface area contributed by atoms with Crippen molar-refractivity contribution in [1.82, 2.24) is 10.3 Å². The first kappa shape index (κ1) is 13.6. The van der Waals surface area contributed by atoms with Crippen LogP contribution in [0.15, 0.2) is 34.9 Å². The van der Waals surface area contributed by atoms with Crippen LogP contribution in [0, 0.1) is 0 Å². The molecule has 0 radical (unpaired) electrons. The van der Waals surface area contributed by atoms with E-state index in [1.807, 2.05) is 18.2 Å². The van der Waals surface area contributed by atoms with Gasteiger partial charge < -0.3 is 14.5 Å². The van der Waals surface area contributed by atoms with Crippen molar-refractivity contribution in [2.24, 2.45) is 0 Å². The number of oxazole rings is 1. The van der Waals surface area contributed by atoms with E-state index >= 15 is 0 Å². The van der Waals surface area contributed by atoms with E-state index in [9.17, 15) is 0 Å². The first-order chi connectivity index (χ1) is 9.31. The van der Waals surface area contributed by atoms with Crippen LogP contribution in [-0.2, 0) is 13.0 Å². The molecular formula is C15H20N2O2. The average Bonchev–Trinajstić information content (AvgIpc) is 2.87. The van der Waals surface area contributed by atoms with Crippen molar-refractivity contribution in [1.29, 1.82) is 0 Å². The van der Waals surface area contributed by atoms with Gasteiger partial charge in [0, 0.05) is 6.54 Å². The number of hydrogen-bond donors (Lipinski definition) is 1. The van der Waals surface area contributed by atoms with Crippen molar-refractivity contribution in [2.75, 3.05) is 6.54 Å². The van der Waals surface area contributed by atoms with Gasteiger partial charge in [0.1, 0.15) is 12.0 Å². The highest BCUT2D eigenvalue weighted by Gasteiger charge is 2.06. The zero-order valence-corrected chi connectivity index (χ0v) is 11.5. The van der Waals surface area contributed by atoms with E-state index in [0.29, 0.717) is 12.6 Å². The SMILES string of the molecule is CCCNCc1coc(Oc2cccc(CC)c2)n1. The lowest BCUT2D eigenvalue weighted by Crippen LogP contribution is -2.13. The summed E-state index contributed by atoms with van der Waals surface area (Å²) in [6.07, 6.45) is 4.00. The monoisotopic (exact) mass is 260 g/mol. The molecule has 4 nitrogen and oxygen atoms in total. The molecule has 0 fully saturated rings. The van der Waals surface area contributed by atoms with E-state index in [2.05, 4.69) is 30.2 Å². The molecule has 2 aromatic rings. The summed E-state index contributed by atoms with van der Waals surface area (Å²) in [5.74, 6) is 0.759. The van der Waals surface area contributed by atoms with Crippen LogP contribution in [0.5, 0.6) is 11.8 Å². The molecule has 0 saturated heterocycles. The summed E-state index contributed by atoms with van der Waals surface area (Å²) in [6, 6.07) is 7.95. The Hall–Kier alpha value is -1.81. The molecule has 0 amide bonds. The molecule has 4 heteroatoms. The highest BCUT2D eigenvalue weighted by atomic mass is 16.6. The van der Waals surface area contributed by atoms with Crippen molar-refractivity contribution in [3.63, 3.8) is 0 Å². The molecule has 1 heterocycles. The van der Waals surface area contributed by atoms with Gasteiger partial charge in [-0.15, -0.1) is 0 Å². The molecule has 0 bridgehead atoms. The molecule has 0 aliphatic carbocycles. The summed E-state index contributed by atoms with van der Waals surface area (Å²) < 4.78 is 10.9. The first-order valence-electron chi connectivity index (χ1n) is 6.73. The van der Waals surface area contributed by atoms with Crippen LogP contribution >= 0.6 is 0 Å². The fraction of sp³-hybridized carbons (Fsp3) is 0.400. The third kappa shape index (κ3) is 4.10. The first-order valence-corrected chi connectivity index (χ1v) is 6.73. The Morgan fingerprint density at radius 2 is 2.21 bits per heavy atom. The minimum atomic E-state index is 0.293. The van der Waals surface area contributed by atoms with E-state index in [-0.39, 0.29) is 0 Å². The summed E-state index contributed by atoms with van der Waals surface area (Å²) in [5.41, 5.74) is 2.09. The second-order valence-electron chi connectivity index (χ2n) is 4.38. The average molecular weight is 260 g/mol. The molecule has 0 spiro atoms. The third-order valence-electron chi connectivity index (χ3n) is 2.78. The maximum atomic E-state index is 5.60. The topological polar surface area (TPSA) is 47.3 Å². The maximum Gasteiger partial charge on any atom is 0.399 e. The van der Waals surface area contributed by atoms with Gasteiger partial charge in [-0.2, -0.15) is 4.98 Å². The molecule has 0 atom stereocenters. The molecule has 2 rings (SSSR count). The summed E-state index contributed by atoms with van der Waals surface area (Å²) in [4.78, 5) is 4.28. The summed E-state index contributed by atoms with van der Waals surface area (Å²) >= 11 is 0. The molecule has 102 valence electrons. The van der Waals surface area contributed by atoms with Gasteiger partial charge in [-0.3, -0.25) is 0 Å². The number of nitrogens with zero attached hydrogens (tertiary/aromatic N) is 1. The van der Waals surface area contributed by atoms with Crippen LogP contribution in [0.3, 0.4) is 0 Å². The van der Waals surface area contributed by atoms with E-state index in [0.717, 1.165) is 30.8 Å². The van der Waals surface area contributed by atoms with Crippen LogP contribution in [0.1, 0.15) is 31.5 Å². The van der Waals surface area contributed by atoms with Gasteiger partial charge in [-0.25, -0.2) is 0 Å². The lowest BCUT2D eigenvalue weighted by atomic mass is 10.2. The number of rotatable bonds is 7. The van der Waals surface area contributed by atoms with Crippen molar-refractivity contribution >= 4 is 0 Å². The Bertz CT molecular complexity index is 508. The van der Waals surface area contributed by atoms with E-state index in [1.54, 1.807) is 6.26 Å². The Morgan fingerprint density at radius 3 is 3.00 bits per heavy atom. The van der Waals surface area contributed by atoms with Crippen molar-refractivity contribution < 1.29 is 9.15 Å². The molecule has 1 aromatic heterocycles. The lowest BCUT2D eigenvalue weighted by molar-refractivity contribution is 0.330. The van der Waals surface area contributed by atoms with Crippen molar-refractivity contribution in [3.05, 3.63) is 41.8 Å². The maximum absolute atomic E-state index is 5.60. The normalized spacial score (nSPS) is 10.6. The predicted molar refractivity (Wildman–Crippen MR) is 74.4 cm³/mol. The Labute approximate surface area is 113 Å². The molecule has 1 aromatic carbocycles. The van der Waals surface area contributed by atoms with Gasteiger partial charge in [-0.05, 0) is 37.1 Å². The summed E-state index contributed by atoms with van der Waals surface area (Å²) in [7, 11) is 0. The van der Waals surface area contributed by atoms with Crippen LogP contribution in [0.2, 0.25) is 0 Å². The van der Waals surface area contributed by atoms with Gasteiger partial charge in [0.15, 0.2) is 0 Å². The minimum Gasteiger partial charge on any atom is -0.417 e. The molecule has 19 heavy (non-hydrogen) atoms. The van der Waals surface area contributed by atoms with E-state index in [1.165, 1.54) is 5.56 Å². The highest BCUT2D eigenvalue weighted by molar-refractivity contribution is 5.30. The number of hydrogen-bond acceptors (Lipinski definition) is 4. The number of aryl methyl sites for hydroxylation is 1. The third-order valence-corrected chi connectivity index (χ3v) is 2.78. The predicted octanol–water partition coefficient (Wildman–Crippen LogP) is 3.53. The smallest absolute Gasteiger partial charge is 0.399 e. The number of ether oxygens (including phenoxy) is 1. The van der Waals surface area contributed by atoms with E-state index in [4.69, 9.17) is 9.15 Å². The molecule has 0 unspecified atom stereocenters. The van der Waals surface area contributed by atoms with Gasteiger partial charge in [0.2, 0.25) is 0 Å². The molecule has 0 aliphatic rings. The fourth-order valence-corrected chi connectivity index (χ4v) is 1.74. The summed E-state index contributed by atoms with van der Waals surface area (Å²) in [5, 5.41) is 3.27. The fourth-order valence-electron chi connectivity index (χ4n) is 1.74. The largest absolute Gasteiger partial charge is 0.417 e. The van der Waals surface area contributed by atoms with Gasteiger partial charge in [0.25, 0.3) is 0 Å². The van der Waals surface area contributed by atoms with E-state index < -0.39 is 0 Å². The Morgan fingerprint density at radius 1 is 1.32 bits per heavy atom. The van der Waals surface area contributed by atoms with Crippen LogP contribution in [-0.4, -0.2) is 11.5 Å². The molecule has 0 aliphatic heterocycles. The highest BCUT2D eigenvalue weighted by Crippen LogP contribution is 2.21. The Balaban J connectivity index is 1.95. The lowest BCUT2D eigenvalue weighted by Gasteiger charge is -2.02. The summed E-state index contributed by atoms with van der Waals surface area (Å²) in [6.45, 7) is 5.92. The molecule has 1 N–H and O–H groups in total. The second kappa shape index (κ2) is 6.95. The number of aromatic nitrogens is 1. The number of nitrogens with one attached hydrogen (secondary N) is 1. The van der Waals surface area contributed by atoms with Gasteiger partial charge in [0.05, 0.1) is 5.69 Å². The van der Waals surface area contributed by atoms with Crippen LogP contribution in [0.4, 0.5) is 0 Å². The second-order valence-corrected chi connectivity index (χ2v) is 4.38. The minimum absolute atomic E-state index is 0.293. The van der Waals surface area contributed by atoms with Crippen LogP contribution in [0.25, 0.3) is 0 Å².